The zero-order chi connectivity index (χ0) is 16.1. The second kappa shape index (κ2) is 7.25. The molecule has 1 aliphatic heterocycles. The number of methoxy groups -OCH3 is 1. The molecule has 0 spiro atoms. The van der Waals surface area contributed by atoms with Gasteiger partial charge in [0.25, 0.3) is 0 Å². The summed E-state index contributed by atoms with van der Waals surface area (Å²) in [4.78, 5) is 14.5. The predicted octanol–water partition coefficient (Wildman–Crippen LogP) is 3.55. The standard InChI is InChI=1S/C20H21NO2/c1-23-19-9-7-16(8-10-19)13-18-15-21(12-11-20(18)22)14-17-5-3-2-4-6-17/h2-10,13H,11-12,14-15H2,1H3/b18-13-. The van der Waals surface area contributed by atoms with Gasteiger partial charge < -0.3 is 4.74 Å². The smallest absolute Gasteiger partial charge is 0.161 e. The molecule has 2 aromatic carbocycles. The Morgan fingerprint density at radius 2 is 1.83 bits per heavy atom. The van der Waals surface area contributed by atoms with Crippen molar-refractivity contribution >= 4 is 11.9 Å². The molecule has 1 fully saturated rings. The van der Waals surface area contributed by atoms with Gasteiger partial charge in [-0.1, -0.05) is 42.5 Å². The minimum Gasteiger partial charge on any atom is -0.497 e. The molecule has 0 unspecified atom stereocenters. The van der Waals surface area contributed by atoms with Crippen LogP contribution in [0.4, 0.5) is 0 Å². The van der Waals surface area contributed by atoms with Gasteiger partial charge in [0.05, 0.1) is 7.11 Å². The van der Waals surface area contributed by atoms with E-state index >= 15 is 0 Å². The van der Waals surface area contributed by atoms with Gasteiger partial charge >= 0.3 is 0 Å². The number of carbonyl (C=O) groups is 1. The molecule has 0 aliphatic carbocycles. The highest BCUT2D eigenvalue weighted by Gasteiger charge is 2.21. The van der Waals surface area contributed by atoms with Gasteiger partial charge in [0.15, 0.2) is 5.78 Å². The highest BCUT2D eigenvalue weighted by Crippen LogP contribution is 2.19. The third kappa shape index (κ3) is 4.08. The van der Waals surface area contributed by atoms with Gasteiger partial charge in [-0.15, -0.1) is 0 Å². The van der Waals surface area contributed by atoms with E-state index < -0.39 is 0 Å². The fourth-order valence-electron chi connectivity index (χ4n) is 2.83. The van der Waals surface area contributed by atoms with Crippen LogP contribution >= 0.6 is 0 Å². The Bertz CT molecular complexity index is 689. The summed E-state index contributed by atoms with van der Waals surface area (Å²) in [6.07, 6.45) is 2.59. The van der Waals surface area contributed by atoms with Crippen molar-refractivity contribution in [3.63, 3.8) is 0 Å². The monoisotopic (exact) mass is 307 g/mol. The average molecular weight is 307 g/mol. The largest absolute Gasteiger partial charge is 0.497 e. The molecule has 118 valence electrons. The molecule has 2 aromatic rings. The first-order valence-electron chi connectivity index (χ1n) is 7.89. The molecule has 0 bridgehead atoms. The maximum absolute atomic E-state index is 12.2. The number of hydrogen-bond donors (Lipinski definition) is 0. The van der Waals surface area contributed by atoms with Gasteiger partial charge in [0.2, 0.25) is 0 Å². The molecule has 3 heteroatoms. The maximum Gasteiger partial charge on any atom is 0.161 e. The van der Waals surface area contributed by atoms with Gasteiger partial charge in [-0.25, -0.2) is 0 Å². The lowest BCUT2D eigenvalue weighted by Gasteiger charge is -2.27. The minimum absolute atomic E-state index is 0.255. The van der Waals surface area contributed by atoms with E-state index in [0.717, 1.165) is 30.0 Å². The summed E-state index contributed by atoms with van der Waals surface area (Å²) in [5.74, 6) is 1.08. The normalized spacial score (nSPS) is 17.4. The van der Waals surface area contributed by atoms with Crippen LogP contribution in [-0.2, 0) is 11.3 Å². The molecule has 0 amide bonds. The molecule has 1 aliphatic rings. The Morgan fingerprint density at radius 3 is 2.52 bits per heavy atom. The molecule has 1 heterocycles. The molecule has 23 heavy (non-hydrogen) atoms. The number of Topliss-reactive ketones (excluding diaryl/α,β-unsaturated/α-hetero) is 1. The Labute approximate surface area is 137 Å². The van der Waals surface area contributed by atoms with E-state index in [0.29, 0.717) is 13.0 Å². The molecule has 0 N–H and O–H groups in total. The first-order chi connectivity index (χ1) is 11.2. The lowest BCUT2D eigenvalue weighted by atomic mass is 10.00. The molecular weight excluding hydrogens is 286 g/mol. The van der Waals surface area contributed by atoms with E-state index in [4.69, 9.17) is 4.74 Å². The van der Waals surface area contributed by atoms with E-state index in [1.54, 1.807) is 7.11 Å². The van der Waals surface area contributed by atoms with Crippen LogP contribution in [0.2, 0.25) is 0 Å². The first-order valence-corrected chi connectivity index (χ1v) is 7.89. The number of nitrogens with zero attached hydrogens (tertiary/aromatic N) is 1. The van der Waals surface area contributed by atoms with Crippen molar-refractivity contribution in [2.45, 2.75) is 13.0 Å². The maximum atomic E-state index is 12.2. The van der Waals surface area contributed by atoms with Crippen LogP contribution < -0.4 is 4.74 Å². The molecule has 0 radical (unpaired) electrons. The zero-order valence-electron chi connectivity index (χ0n) is 13.4. The van der Waals surface area contributed by atoms with Crippen molar-refractivity contribution in [3.05, 3.63) is 71.3 Å². The van der Waals surface area contributed by atoms with Crippen molar-refractivity contribution in [1.82, 2.24) is 4.90 Å². The predicted molar refractivity (Wildman–Crippen MR) is 92.3 cm³/mol. The first kappa shape index (κ1) is 15.5. The van der Waals surface area contributed by atoms with E-state index in [-0.39, 0.29) is 5.78 Å². The summed E-state index contributed by atoms with van der Waals surface area (Å²) in [7, 11) is 1.65. The van der Waals surface area contributed by atoms with Crippen LogP contribution in [0.15, 0.2) is 60.2 Å². The highest BCUT2D eigenvalue weighted by atomic mass is 16.5. The highest BCUT2D eigenvalue weighted by molar-refractivity contribution is 6.00. The van der Waals surface area contributed by atoms with Gasteiger partial charge in [0, 0.05) is 31.6 Å². The third-order valence-corrected chi connectivity index (χ3v) is 4.11. The summed E-state index contributed by atoms with van der Waals surface area (Å²) >= 11 is 0. The molecule has 1 saturated heterocycles. The number of hydrogen-bond acceptors (Lipinski definition) is 3. The number of ether oxygens (including phenoxy) is 1. The molecule has 0 saturated carbocycles. The molecule has 3 rings (SSSR count). The van der Waals surface area contributed by atoms with Crippen LogP contribution in [0.3, 0.4) is 0 Å². The number of piperidine rings is 1. The SMILES string of the molecule is COc1ccc(/C=C2/CN(Cc3ccccc3)CCC2=O)cc1. The van der Waals surface area contributed by atoms with Crippen LogP contribution in [0, 0.1) is 0 Å². The van der Waals surface area contributed by atoms with E-state index in [2.05, 4.69) is 29.2 Å². The van der Waals surface area contributed by atoms with Crippen molar-refractivity contribution < 1.29 is 9.53 Å². The van der Waals surface area contributed by atoms with Crippen LogP contribution in [0.1, 0.15) is 17.5 Å². The Hall–Kier alpha value is -2.39. The number of likely N-dealkylation sites (tertiary alicyclic amines) is 1. The van der Waals surface area contributed by atoms with E-state index in [1.807, 2.05) is 36.4 Å². The van der Waals surface area contributed by atoms with Crippen molar-refractivity contribution in [2.24, 2.45) is 0 Å². The summed E-state index contributed by atoms with van der Waals surface area (Å²) in [5.41, 5.74) is 3.21. The van der Waals surface area contributed by atoms with Gasteiger partial charge in [-0.2, -0.15) is 0 Å². The molecule has 0 atom stereocenters. The van der Waals surface area contributed by atoms with Crippen molar-refractivity contribution in [3.8, 4) is 5.75 Å². The van der Waals surface area contributed by atoms with Crippen LogP contribution in [0.5, 0.6) is 5.75 Å². The van der Waals surface area contributed by atoms with Crippen molar-refractivity contribution in [1.29, 1.82) is 0 Å². The van der Waals surface area contributed by atoms with Crippen LogP contribution in [0.25, 0.3) is 6.08 Å². The molecular formula is C20H21NO2. The second-order valence-corrected chi connectivity index (χ2v) is 5.81. The summed E-state index contributed by atoms with van der Waals surface area (Å²) in [5, 5.41) is 0. The second-order valence-electron chi connectivity index (χ2n) is 5.81. The molecule has 0 aromatic heterocycles. The van der Waals surface area contributed by atoms with Gasteiger partial charge in [-0.05, 0) is 29.3 Å². The fourth-order valence-corrected chi connectivity index (χ4v) is 2.83. The lowest BCUT2D eigenvalue weighted by molar-refractivity contribution is -0.117. The third-order valence-electron chi connectivity index (χ3n) is 4.11. The average Bonchev–Trinajstić information content (AvgIpc) is 2.59. The van der Waals surface area contributed by atoms with Gasteiger partial charge in [-0.3, -0.25) is 9.69 Å². The summed E-state index contributed by atoms with van der Waals surface area (Å²) in [6, 6.07) is 18.2. The molecule has 3 nitrogen and oxygen atoms in total. The number of rotatable bonds is 4. The number of benzene rings is 2. The lowest BCUT2D eigenvalue weighted by Crippen LogP contribution is -2.35. The Morgan fingerprint density at radius 1 is 1.09 bits per heavy atom. The number of ketones is 1. The van der Waals surface area contributed by atoms with E-state index in [9.17, 15) is 4.79 Å². The minimum atomic E-state index is 0.255. The summed E-state index contributed by atoms with van der Waals surface area (Å²) in [6.45, 7) is 2.42. The Balaban J connectivity index is 1.72. The number of carbonyl (C=O) groups excluding carboxylic acids is 1. The topological polar surface area (TPSA) is 29.5 Å². The van der Waals surface area contributed by atoms with E-state index in [1.165, 1.54) is 5.56 Å². The zero-order valence-corrected chi connectivity index (χ0v) is 13.4. The van der Waals surface area contributed by atoms with Gasteiger partial charge in [0.1, 0.15) is 5.75 Å². The van der Waals surface area contributed by atoms with Crippen LogP contribution in [-0.4, -0.2) is 30.9 Å². The van der Waals surface area contributed by atoms with Crippen molar-refractivity contribution in [2.75, 3.05) is 20.2 Å². The Kier molecular flexibility index (Phi) is 4.89. The fraction of sp³-hybridized carbons (Fsp3) is 0.250. The summed E-state index contributed by atoms with van der Waals surface area (Å²) < 4.78 is 5.17. The quantitative estimate of drug-likeness (QED) is 0.809.